The van der Waals surface area contributed by atoms with Gasteiger partial charge in [-0.1, -0.05) is 60.7 Å². The molecule has 2 heteroatoms. The molecule has 0 radical (unpaired) electrons. The van der Waals surface area contributed by atoms with E-state index in [1.54, 1.807) is 18.2 Å². The van der Waals surface area contributed by atoms with Crippen molar-refractivity contribution in [2.75, 3.05) is 6.61 Å². The molecule has 19 heavy (non-hydrogen) atoms. The summed E-state index contributed by atoms with van der Waals surface area (Å²) < 4.78 is 5.56. The maximum Gasteiger partial charge on any atom is 0.189 e. The van der Waals surface area contributed by atoms with Crippen molar-refractivity contribution in [3.05, 3.63) is 77.9 Å². The van der Waals surface area contributed by atoms with E-state index in [1.807, 2.05) is 55.5 Å². The number of carbonyl (C=O) groups excluding carboxylic acids is 1. The van der Waals surface area contributed by atoms with Crippen molar-refractivity contribution >= 4 is 11.5 Å². The molecule has 0 aliphatic carbocycles. The molecule has 0 spiro atoms. The van der Waals surface area contributed by atoms with Crippen molar-refractivity contribution in [3.63, 3.8) is 0 Å². The lowest BCUT2D eigenvalue weighted by Gasteiger charge is -2.08. The van der Waals surface area contributed by atoms with E-state index in [9.17, 15) is 4.79 Å². The van der Waals surface area contributed by atoms with Gasteiger partial charge in [0.05, 0.1) is 6.61 Å². The Labute approximate surface area is 113 Å². The van der Waals surface area contributed by atoms with Crippen molar-refractivity contribution in [1.82, 2.24) is 0 Å². The Kier molecular flexibility index (Phi) is 4.51. The van der Waals surface area contributed by atoms with Gasteiger partial charge in [-0.05, 0) is 6.92 Å². The summed E-state index contributed by atoms with van der Waals surface area (Å²) >= 11 is 0. The van der Waals surface area contributed by atoms with Crippen molar-refractivity contribution in [2.24, 2.45) is 0 Å². The summed E-state index contributed by atoms with van der Waals surface area (Å²) in [6.45, 7) is 2.44. The van der Waals surface area contributed by atoms with Crippen LogP contribution >= 0.6 is 0 Å². The summed E-state index contributed by atoms with van der Waals surface area (Å²) in [5.41, 5.74) is 1.57. The van der Waals surface area contributed by atoms with Gasteiger partial charge in [-0.25, -0.2) is 0 Å². The van der Waals surface area contributed by atoms with E-state index in [4.69, 9.17) is 4.74 Å². The van der Waals surface area contributed by atoms with Crippen LogP contribution in [0.5, 0.6) is 0 Å². The highest BCUT2D eigenvalue weighted by molar-refractivity contribution is 6.07. The van der Waals surface area contributed by atoms with E-state index in [2.05, 4.69) is 0 Å². The number of allylic oxidation sites excluding steroid dienone is 1. The molecule has 0 aliphatic rings. The number of rotatable bonds is 5. The fourth-order valence-electron chi connectivity index (χ4n) is 1.77. The minimum atomic E-state index is -0.0482. The van der Waals surface area contributed by atoms with Gasteiger partial charge in [-0.3, -0.25) is 4.79 Å². The van der Waals surface area contributed by atoms with Gasteiger partial charge in [0.25, 0.3) is 0 Å². The molecule has 0 bridgehead atoms. The Morgan fingerprint density at radius 3 is 2.00 bits per heavy atom. The van der Waals surface area contributed by atoms with Crippen LogP contribution in [0, 0.1) is 0 Å². The van der Waals surface area contributed by atoms with E-state index in [-0.39, 0.29) is 5.78 Å². The van der Waals surface area contributed by atoms with Crippen molar-refractivity contribution < 1.29 is 9.53 Å². The summed E-state index contributed by atoms with van der Waals surface area (Å²) in [5, 5.41) is 0. The molecule has 0 aromatic heterocycles. The van der Waals surface area contributed by atoms with Crippen molar-refractivity contribution in [2.45, 2.75) is 6.92 Å². The second kappa shape index (κ2) is 6.55. The zero-order valence-corrected chi connectivity index (χ0v) is 10.9. The molecule has 96 valence electrons. The maximum absolute atomic E-state index is 12.1. The van der Waals surface area contributed by atoms with E-state index >= 15 is 0 Å². The van der Waals surface area contributed by atoms with Gasteiger partial charge in [-0.15, -0.1) is 0 Å². The summed E-state index contributed by atoms with van der Waals surface area (Å²) in [5.74, 6) is 0.560. The third-order valence-corrected chi connectivity index (χ3v) is 2.68. The lowest BCUT2D eigenvalue weighted by Crippen LogP contribution is -1.99. The molecule has 0 amide bonds. The fourth-order valence-corrected chi connectivity index (χ4v) is 1.77. The highest BCUT2D eigenvalue weighted by Gasteiger charge is 2.07. The highest BCUT2D eigenvalue weighted by Crippen LogP contribution is 2.16. The van der Waals surface area contributed by atoms with E-state index < -0.39 is 0 Å². The molecule has 0 saturated carbocycles. The average Bonchev–Trinajstić information content (AvgIpc) is 2.48. The average molecular weight is 252 g/mol. The fraction of sp³-hybridized carbons (Fsp3) is 0.118. The maximum atomic E-state index is 12.1. The summed E-state index contributed by atoms with van der Waals surface area (Å²) in [4.78, 5) is 12.1. The third-order valence-electron chi connectivity index (χ3n) is 2.68. The zero-order chi connectivity index (χ0) is 13.5. The predicted molar refractivity (Wildman–Crippen MR) is 76.8 cm³/mol. The van der Waals surface area contributed by atoms with Gasteiger partial charge >= 0.3 is 0 Å². The molecule has 0 aliphatic heterocycles. The van der Waals surface area contributed by atoms with Crippen LogP contribution in [0.2, 0.25) is 0 Å². The van der Waals surface area contributed by atoms with Crippen LogP contribution in [-0.2, 0) is 4.74 Å². The van der Waals surface area contributed by atoms with Crippen LogP contribution in [0.4, 0.5) is 0 Å². The van der Waals surface area contributed by atoms with E-state index in [1.165, 1.54) is 0 Å². The number of benzene rings is 2. The van der Waals surface area contributed by atoms with Gasteiger partial charge < -0.3 is 4.74 Å². The number of ketones is 1. The molecule has 0 heterocycles. The summed E-state index contributed by atoms with van der Waals surface area (Å²) in [6, 6.07) is 18.8. The standard InChI is InChI=1S/C17H16O2/c1-2-19-17(15-11-7-4-8-12-15)13-16(18)14-9-5-3-6-10-14/h3-13H,2H2,1H3/b17-13-. The Bertz CT molecular complexity index is 556. The van der Waals surface area contributed by atoms with Gasteiger partial charge in [0.2, 0.25) is 0 Å². The minimum Gasteiger partial charge on any atom is -0.493 e. The first-order chi connectivity index (χ1) is 9.31. The number of hydrogen-bond acceptors (Lipinski definition) is 2. The molecule has 2 aromatic carbocycles. The normalized spacial score (nSPS) is 11.1. The number of hydrogen-bond donors (Lipinski definition) is 0. The van der Waals surface area contributed by atoms with Crippen LogP contribution in [-0.4, -0.2) is 12.4 Å². The SMILES string of the molecule is CCO/C(=C\C(=O)c1ccccc1)c1ccccc1. The Balaban J connectivity index is 2.29. The Hall–Kier alpha value is -2.35. The largest absolute Gasteiger partial charge is 0.493 e. The summed E-state index contributed by atoms with van der Waals surface area (Å²) in [6.07, 6.45) is 1.55. The van der Waals surface area contributed by atoms with Crippen LogP contribution in [0.15, 0.2) is 66.7 Å². The van der Waals surface area contributed by atoms with Gasteiger partial charge in [0.15, 0.2) is 5.78 Å². The molecule has 0 N–H and O–H groups in total. The zero-order valence-electron chi connectivity index (χ0n) is 10.9. The first-order valence-corrected chi connectivity index (χ1v) is 6.30. The quantitative estimate of drug-likeness (QED) is 0.457. The first kappa shape index (κ1) is 13.1. The van der Waals surface area contributed by atoms with Crippen LogP contribution in [0.1, 0.15) is 22.8 Å². The first-order valence-electron chi connectivity index (χ1n) is 6.30. The van der Waals surface area contributed by atoms with Crippen molar-refractivity contribution in [3.8, 4) is 0 Å². The predicted octanol–water partition coefficient (Wildman–Crippen LogP) is 3.95. The molecule has 0 fully saturated rings. The molecule has 0 unspecified atom stereocenters. The Morgan fingerprint density at radius 1 is 0.947 bits per heavy atom. The van der Waals surface area contributed by atoms with Crippen LogP contribution < -0.4 is 0 Å². The van der Waals surface area contributed by atoms with E-state index in [0.717, 1.165) is 5.56 Å². The highest BCUT2D eigenvalue weighted by atomic mass is 16.5. The minimum absolute atomic E-state index is 0.0482. The second-order valence-electron chi connectivity index (χ2n) is 4.04. The number of ether oxygens (including phenoxy) is 1. The molecule has 2 nitrogen and oxygen atoms in total. The topological polar surface area (TPSA) is 26.3 Å². The van der Waals surface area contributed by atoms with Gasteiger partial charge in [-0.2, -0.15) is 0 Å². The molecule has 0 atom stereocenters. The molecular weight excluding hydrogens is 236 g/mol. The molecular formula is C17H16O2. The molecule has 0 saturated heterocycles. The Morgan fingerprint density at radius 2 is 1.47 bits per heavy atom. The third kappa shape index (κ3) is 3.55. The lowest BCUT2D eigenvalue weighted by molar-refractivity contribution is 0.104. The monoisotopic (exact) mass is 252 g/mol. The van der Waals surface area contributed by atoms with Gasteiger partial charge in [0, 0.05) is 17.2 Å². The second-order valence-corrected chi connectivity index (χ2v) is 4.04. The van der Waals surface area contributed by atoms with Crippen LogP contribution in [0.3, 0.4) is 0 Å². The molecule has 2 aromatic rings. The lowest BCUT2D eigenvalue weighted by atomic mass is 10.1. The smallest absolute Gasteiger partial charge is 0.189 e. The van der Waals surface area contributed by atoms with Crippen LogP contribution in [0.25, 0.3) is 5.76 Å². The molecule has 2 rings (SSSR count). The van der Waals surface area contributed by atoms with Crippen molar-refractivity contribution in [1.29, 1.82) is 0 Å². The summed E-state index contributed by atoms with van der Waals surface area (Å²) in [7, 11) is 0. The number of carbonyl (C=O) groups is 1. The van der Waals surface area contributed by atoms with E-state index in [0.29, 0.717) is 17.9 Å². The van der Waals surface area contributed by atoms with Gasteiger partial charge in [0.1, 0.15) is 5.76 Å².